The second-order valence-electron chi connectivity index (χ2n) is 6.23. The molecule has 2 aromatic rings. The van der Waals surface area contributed by atoms with Crippen LogP contribution in [-0.2, 0) is 10.0 Å². The van der Waals surface area contributed by atoms with Gasteiger partial charge >= 0.3 is 0 Å². The number of hydrogen-bond acceptors (Lipinski definition) is 4. The maximum Gasteiger partial charge on any atom is 0.255 e. The quantitative estimate of drug-likeness (QED) is 0.836. The van der Waals surface area contributed by atoms with Crippen LogP contribution in [0.4, 0.5) is 11.4 Å². The zero-order valence-corrected chi connectivity index (χ0v) is 15.3. The van der Waals surface area contributed by atoms with Gasteiger partial charge in [0.25, 0.3) is 5.91 Å². The summed E-state index contributed by atoms with van der Waals surface area (Å²) in [6.45, 7) is 1.93. The molecule has 0 aromatic heterocycles. The molecule has 0 unspecified atom stereocenters. The van der Waals surface area contributed by atoms with Crippen LogP contribution >= 0.6 is 0 Å². The Morgan fingerprint density at radius 3 is 2.38 bits per heavy atom. The van der Waals surface area contributed by atoms with Crippen molar-refractivity contribution >= 4 is 33.1 Å². The summed E-state index contributed by atoms with van der Waals surface area (Å²) >= 11 is 0. The predicted octanol–water partition coefficient (Wildman–Crippen LogP) is 3.07. The summed E-state index contributed by atoms with van der Waals surface area (Å²) in [5.41, 5.74) is 2.04. The van der Waals surface area contributed by atoms with Crippen molar-refractivity contribution in [2.24, 2.45) is 0 Å². The van der Waals surface area contributed by atoms with Gasteiger partial charge in [0.2, 0.25) is 10.0 Å². The van der Waals surface area contributed by atoms with Crippen LogP contribution in [-0.4, -0.2) is 32.4 Å². The summed E-state index contributed by atoms with van der Waals surface area (Å²) in [6, 6.07) is 13.2. The van der Waals surface area contributed by atoms with E-state index in [1.807, 2.05) is 0 Å². The maximum atomic E-state index is 12.4. The van der Waals surface area contributed by atoms with Crippen LogP contribution in [0, 0.1) is 0 Å². The zero-order chi connectivity index (χ0) is 18.7. The Balaban J connectivity index is 1.75. The number of rotatable bonds is 4. The molecular formula is C19H20N2O4S. The standard InChI is InChI=1S/C19H20N2O4S/c1-14(22)16-5-4-6-17(13-16)20-19(23)15-7-9-18(10-8-15)21-11-2-3-12-26(21,24)25/h4-10,13H,2-3,11-12H2,1H3,(H,20,23). The molecule has 0 bridgehead atoms. The number of benzene rings is 2. The molecule has 1 aliphatic heterocycles. The van der Waals surface area contributed by atoms with Crippen molar-refractivity contribution in [1.82, 2.24) is 0 Å². The van der Waals surface area contributed by atoms with E-state index in [9.17, 15) is 18.0 Å². The molecule has 0 aliphatic carbocycles. The largest absolute Gasteiger partial charge is 0.322 e. The topological polar surface area (TPSA) is 83.6 Å². The monoisotopic (exact) mass is 372 g/mol. The van der Waals surface area contributed by atoms with Crippen molar-refractivity contribution in [3.8, 4) is 0 Å². The fourth-order valence-electron chi connectivity index (χ4n) is 2.88. The van der Waals surface area contributed by atoms with Gasteiger partial charge in [-0.05, 0) is 56.2 Å². The molecular weight excluding hydrogens is 352 g/mol. The third-order valence-electron chi connectivity index (χ3n) is 4.29. The van der Waals surface area contributed by atoms with Crippen LogP contribution in [0.5, 0.6) is 0 Å². The molecule has 26 heavy (non-hydrogen) atoms. The van der Waals surface area contributed by atoms with Gasteiger partial charge in [0.1, 0.15) is 0 Å². The molecule has 1 aliphatic rings. The number of nitrogens with one attached hydrogen (secondary N) is 1. The fourth-order valence-corrected chi connectivity index (χ4v) is 4.52. The van der Waals surface area contributed by atoms with E-state index in [0.29, 0.717) is 35.5 Å². The molecule has 7 heteroatoms. The highest BCUT2D eigenvalue weighted by Crippen LogP contribution is 2.24. The predicted molar refractivity (Wildman–Crippen MR) is 101 cm³/mol. The van der Waals surface area contributed by atoms with Crippen LogP contribution < -0.4 is 9.62 Å². The van der Waals surface area contributed by atoms with Crippen LogP contribution in [0.2, 0.25) is 0 Å². The molecule has 0 radical (unpaired) electrons. The molecule has 1 amide bonds. The Morgan fingerprint density at radius 2 is 1.73 bits per heavy atom. The van der Waals surface area contributed by atoms with Crippen LogP contribution in [0.3, 0.4) is 0 Å². The Hall–Kier alpha value is -2.67. The van der Waals surface area contributed by atoms with Gasteiger partial charge in [-0.2, -0.15) is 0 Å². The van der Waals surface area contributed by atoms with E-state index in [1.165, 1.54) is 11.2 Å². The van der Waals surface area contributed by atoms with Gasteiger partial charge in [-0.3, -0.25) is 13.9 Å². The van der Waals surface area contributed by atoms with Crippen LogP contribution in [0.1, 0.15) is 40.5 Å². The minimum Gasteiger partial charge on any atom is -0.322 e. The smallest absolute Gasteiger partial charge is 0.255 e. The van der Waals surface area contributed by atoms with Gasteiger partial charge in [0.05, 0.1) is 11.4 Å². The van der Waals surface area contributed by atoms with E-state index >= 15 is 0 Å². The van der Waals surface area contributed by atoms with Gasteiger partial charge in [0, 0.05) is 23.4 Å². The van der Waals surface area contributed by atoms with Gasteiger partial charge in [0.15, 0.2) is 5.78 Å². The molecule has 0 spiro atoms. The van der Waals surface area contributed by atoms with E-state index in [-0.39, 0.29) is 17.4 Å². The van der Waals surface area contributed by atoms with E-state index in [4.69, 9.17) is 0 Å². The number of hydrogen-bond donors (Lipinski definition) is 1. The molecule has 0 atom stereocenters. The first kappa shape index (κ1) is 18.1. The lowest BCUT2D eigenvalue weighted by Crippen LogP contribution is -2.37. The summed E-state index contributed by atoms with van der Waals surface area (Å²) in [7, 11) is -3.27. The van der Waals surface area contributed by atoms with Gasteiger partial charge in [-0.25, -0.2) is 8.42 Å². The number of sulfonamides is 1. The first-order chi connectivity index (χ1) is 12.4. The summed E-state index contributed by atoms with van der Waals surface area (Å²) in [6.07, 6.45) is 1.51. The van der Waals surface area contributed by atoms with Crippen molar-refractivity contribution in [3.63, 3.8) is 0 Å². The molecule has 1 saturated heterocycles. The summed E-state index contributed by atoms with van der Waals surface area (Å²) in [5, 5.41) is 2.75. The molecule has 136 valence electrons. The second kappa shape index (κ2) is 7.29. The van der Waals surface area contributed by atoms with Gasteiger partial charge in [-0.15, -0.1) is 0 Å². The van der Waals surface area contributed by atoms with Crippen molar-refractivity contribution < 1.29 is 18.0 Å². The first-order valence-electron chi connectivity index (χ1n) is 8.40. The average molecular weight is 372 g/mol. The number of Topliss-reactive ketones (excluding diaryl/α,β-unsaturated/α-hetero) is 1. The normalized spacial score (nSPS) is 16.1. The molecule has 2 aromatic carbocycles. The van der Waals surface area contributed by atoms with Gasteiger partial charge < -0.3 is 5.32 Å². The Morgan fingerprint density at radius 1 is 1.00 bits per heavy atom. The van der Waals surface area contributed by atoms with Gasteiger partial charge in [-0.1, -0.05) is 12.1 Å². The molecule has 1 heterocycles. The summed E-state index contributed by atoms with van der Waals surface area (Å²) < 4.78 is 25.7. The number of nitrogens with zero attached hydrogens (tertiary/aromatic N) is 1. The molecule has 1 N–H and O–H groups in total. The minimum atomic E-state index is -3.27. The second-order valence-corrected chi connectivity index (χ2v) is 8.25. The Kier molecular flexibility index (Phi) is 5.08. The SMILES string of the molecule is CC(=O)c1cccc(NC(=O)c2ccc(N3CCCCS3(=O)=O)cc2)c1. The van der Waals surface area contributed by atoms with Crippen molar-refractivity contribution in [2.45, 2.75) is 19.8 Å². The number of carbonyl (C=O) groups is 2. The molecule has 3 rings (SSSR count). The van der Waals surface area contributed by atoms with E-state index in [2.05, 4.69) is 5.32 Å². The molecule has 6 nitrogen and oxygen atoms in total. The third-order valence-corrected chi connectivity index (χ3v) is 6.16. The summed E-state index contributed by atoms with van der Waals surface area (Å²) in [5.74, 6) is -0.242. The zero-order valence-electron chi connectivity index (χ0n) is 14.4. The van der Waals surface area contributed by atoms with Crippen molar-refractivity contribution in [2.75, 3.05) is 21.9 Å². The minimum absolute atomic E-state index is 0.0757. The highest BCUT2D eigenvalue weighted by molar-refractivity contribution is 7.92. The lowest BCUT2D eigenvalue weighted by molar-refractivity contribution is 0.101. The lowest BCUT2D eigenvalue weighted by Gasteiger charge is -2.28. The van der Waals surface area contributed by atoms with E-state index in [1.54, 1.807) is 48.5 Å². The first-order valence-corrected chi connectivity index (χ1v) is 10.0. The third kappa shape index (κ3) is 3.94. The number of amides is 1. The van der Waals surface area contributed by atoms with E-state index in [0.717, 1.165) is 6.42 Å². The average Bonchev–Trinajstić information content (AvgIpc) is 2.62. The molecule has 1 fully saturated rings. The number of anilines is 2. The lowest BCUT2D eigenvalue weighted by atomic mass is 10.1. The summed E-state index contributed by atoms with van der Waals surface area (Å²) in [4.78, 5) is 23.8. The van der Waals surface area contributed by atoms with E-state index < -0.39 is 10.0 Å². The number of carbonyl (C=O) groups excluding carboxylic acids is 2. The van der Waals surface area contributed by atoms with Crippen molar-refractivity contribution in [3.05, 3.63) is 59.7 Å². The Bertz CT molecular complexity index is 936. The highest BCUT2D eigenvalue weighted by atomic mass is 32.2. The number of ketones is 1. The van der Waals surface area contributed by atoms with Crippen LogP contribution in [0.25, 0.3) is 0 Å². The Labute approximate surface area is 152 Å². The molecule has 0 saturated carbocycles. The van der Waals surface area contributed by atoms with Crippen molar-refractivity contribution in [1.29, 1.82) is 0 Å². The fraction of sp³-hybridized carbons (Fsp3) is 0.263. The maximum absolute atomic E-state index is 12.4. The highest BCUT2D eigenvalue weighted by Gasteiger charge is 2.26. The van der Waals surface area contributed by atoms with Crippen LogP contribution in [0.15, 0.2) is 48.5 Å².